The Labute approximate surface area is 189 Å². The maximum absolute atomic E-state index is 12.9. The number of hydrogen-bond acceptors (Lipinski definition) is 6. The van der Waals surface area contributed by atoms with Gasteiger partial charge in [-0.1, -0.05) is 6.07 Å². The van der Waals surface area contributed by atoms with E-state index in [2.05, 4.69) is 9.72 Å². The second kappa shape index (κ2) is 10.2. The second-order valence-electron chi connectivity index (χ2n) is 7.28. The molecule has 1 aliphatic heterocycles. The molecule has 0 bridgehead atoms. The molecular weight excluding hydrogens is 472 g/mol. The van der Waals surface area contributed by atoms with E-state index in [1.54, 1.807) is 11.0 Å². The van der Waals surface area contributed by atoms with Gasteiger partial charge in [0.15, 0.2) is 13.2 Å². The average molecular weight is 491 g/mol. The molecule has 0 N–H and O–H groups in total. The van der Waals surface area contributed by atoms with Gasteiger partial charge in [0.25, 0.3) is 5.91 Å². The standard InChI is InChI=1S/C21H19F6N3O4/c22-20(23,24)13-34-17-5-4-14(11-28-17)19(32)33-12-18(31)30-8-6-29(7-9-30)16-3-1-2-15(10-16)21(25,26)27/h1-5,10-11H,6-9,12-13H2. The molecule has 184 valence electrons. The molecule has 1 aromatic carbocycles. The van der Waals surface area contributed by atoms with E-state index in [1.807, 2.05) is 0 Å². The topological polar surface area (TPSA) is 72.0 Å². The maximum Gasteiger partial charge on any atom is 0.422 e. The van der Waals surface area contributed by atoms with Crippen LogP contribution in [-0.4, -0.2) is 67.3 Å². The number of ether oxygens (including phenoxy) is 2. The number of halogens is 6. The van der Waals surface area contributed by atoms with Gasteiger partial charge in [0.2, 0.25) is 5.88 Å². The zero-order chi connectivity index (χ0) is 24.9. The number of anilines is 1. The first-order valence-corrected chi connectivity index (χ1v) is 9.95. The van der Waals surface area contributed by atoms with Crippen LogP contribution in [0, 0.1) is 0 Å². The lowest BCUT2D eigenvalue weighted by molar-refractivity contribution is -0.154. The third-order valence-electron chi connectivity index (χ3n) is 4.85. The number of piperazine rings is 1. The van der Waals surface area contributed by atoms with Crippen molar-refractivity contribution in [3.8, 4) is 5.88 Å². The number of alkyl halides is 6. The van der Waals surface area contributed by atoms with Crippen LogP contribution >= 0.6 is 0 Å². The predicted molar refractivity (Wildman–Crippen MR) is 106 cm³/mol. The highest BCUT2D eigenvalue weighted by Gasteiger charge is 2.31. The van der Waals surface area contributed by atoms with Gasteiger partial charge in [0.1, 0.15) is 0 Å². The molecular formula is C21H19F6N3O4. The lowest BCUT2D eigenvalue weighted by atomic mass is 10.1. The minimum absolute atomic E-state index is 0.0819. The molecule has 0 saturated carbocycles. The Kier molecular flexibility index (Phi) is 7.52. The molecule has 13 heteroatoms. The molecule has 3 rings (SSSR count). The molecule has 2 aromatic rings. The first kappa shape index (κ1) is 25.1. The minimum Gasteiger partial charge on any atom is -0.468 e. The van der Waals surface area contributed by atoms with Crippen molar-refractivity contribution in [3.63, 3.8) is 0 Å². The molecule has 7 nitrogen and oxygen atoms in total. The lowest BCUT2D eigenvalue weighted by Gasteiger charge is -2.36. The van der Waals surface area contributed by atoms with Gasteiger partial charge in [-0.05, 0) is 24.3 Å². The molecule has 34 heavy (non-hydrogen) atoms. The summed E-state index contributed by atoms with van der Waals surface area (Å²) in [5.74, 6) is -1.72. The second-order valence-corrected chi connectivity index (χ2v) is 7.28. The van der Waals surface area contributed by atoms with Crippen molar-refractivity contribution >= 4 is 17.6 Å². The summed E-state index contributed by atoms with van der Waals surface area (Å²) in [6, 6.07) is 7.13. The Hall–Kier alpha value is -3.51. The van der Waals surface area contributed by atoms with Crippen molar-refractivity contribution in [3.05, 3.63) is 53.7 Å². The van der Waals surface area contributed by atoms with Gasteiger partial charge in [-0.2, -0.15) is 26.3 Å². The SMILES string of the molecule is O=C(OCC(=O)N1CCN(c2cccc(C(F)(F)F)c2)CC1)c1ccc(OCC(F)(F)F)nc1. The van der Waals surface area contributed by atoms with Crippen LogP contribution in [0.15, 0.2) is 42.6 Å². The molecule has 0 unspecified atom stereocenters. The number of carbonyl (C=O) groups is 2. The van der Waals surface area contributed by atoms with E-state index in [1.165, 1.54) is 11.0 Å². The maximum atomic E-state index is 12.9. The van der Waals surface area contributed by atoms with Crippen LogP contribution in [0.4, 0.5) is 32.0 Å². The number of nitrogens with zero attached hydrogens (tertiary/aromatic N) is 3. The Morgan fingerprint density at radius 3 is 2.26 bits per heavy atom. The Morgan fingerprint density at radius 2 is 1.68 bits per heavy atom. The monoisotopic (exact) mass is 491 g/mol. The number of hydrogen-bond donors (Lipinski definition) is 0. The summed E-state index contributed by atoms with van der Waals surface area (Å²) in [7, 11) is 0. The minimum atomic E-state index is -4.53. The molecule has 0 atom stereocenters. The van der Waals surface area contributed by atoms with Gasteiger partial charge in [0.05, 0.1) is 11.1 Å². The number of esters is 1. The number of carbonyl (C=O) groups excluding carboxylic acids is 2. The summed E-state index contributed by atoms with van der Waals surface area (Å²) in [6.45, 7) is -1.07. The molecule has 1 aliphatic rings. The highest BCUT2D eigenvalue weighted by molar-refractivity contribution is 5.91. The van der Waals surface area contributed by atoms with Gasteiger partial charge < -0.3 is 19.3 Å². The van der Waals surface area contributed by atoms with Crippen LogP contribution in [0.25, 0.3) is 0 Å². The van der Waals surface area contributed by atoms with Crippen molar-refractivity contribution in [1.29, 1.82) is 0 Å². The highest BCUT2D eigenvalue weighted by Crippen LogP contribution is 2.31. The number of benzene rings is 1. The predicted octanol–water partition coefficient (Wildman–Crippen LogP) is 3.55. The van der Waals surface area contributed by atoms with Crippen molar-refractivity contribution in [2.75, 3.05) is 44.3 Å². The zero-order valence-electron chi connectivity index (χ0n) is 17.5. The van der Waals surface area contributed by atoms with Gasteiger partial charge in [-0.3, -0.25) is 4.79 Å². The Morgan fingerprint density at radius 1 is 0.971 bits per heavy atom. The van der Waals surface area contributed by atoms with E-state index in [0.29, 0.717) is 18.8 Å². The smallest absolute Gasteiger partial charge is 0.422 e. The van der Waals surface area contributed by atoms with Crippen molar-refractivity contribution in [2.45, 2.75) is 12.4 Å². The molecule has 1 aromatic heterocycles. The van der Waals surface area contributed by atoms with Crippen LogP contribution in [-0.2, 0) is 15.7 Å². The summed E-state index contributed by atoms with van der Waals surface area (Å²) in [4.78, 5) is 31.1. The van der Waals surface area contributed by atoms with E-state index in [-0.39, 0.29) is 24.5 Å². The number of pyridine rings is 1. The third-order valence-corrected chi connectivity index (χ3v) is 4.85. The highest BCUT2D eigenvalue weighted by atomic mass is 19.4. The number of rotatable bonds is 6. The van der Waals surface area contributed by atoms with Crippen molar-refractivity contribution in [2.24, 2.45) is 0 Å². The fraction of sp³-hybridized carbons (Fsp3) is 0.381. The first-order valence-electron chi connectivity index (χ1n) is 9.95. The Bertz CT molecular complexity index is 1000. The summed E-state index contributed by atoms with van der Waals surface area (Å²) < 4.78 is 84.5. The summed E-state index contributed by atoms with van der Waals surface area (Å²) in [5.41, 5.74) is -0.449. The van der Waals surface area contributed by atoms with E-state index >= 15 is 0 Å². The van der Waals surface area contributed by atoms with Gasteiger partial charge in [-0.25, -0.2) is 9.78 Å². The van der Waals surface area contributed by atoms with E-state index in [9.17, 15) is 35.9 Å². The molecule has 0 spiro atoms. The van der Waals surface area contributed by atoms with Crippen molar-refractivity contribution in [1.82, 2.24) is 9.88 Å². The largest absolute Gasteiger partial charge is 0.468 e. The van der Waals surface area contributed by atoms with Crippen LogP contribution in [0.1, 0.15) is 15.9 Å². The molecule has 1 saturated heterocycles. The number of aromatic nitrogens is 1. The molecule has 2 heterocycles. The van der Waals surface area contributed by atoms with Gasteiger partial charge in [-0.15, -0.1) is 0 Å². The summed E-state index contributed by atoms with van der Waals surface area (Å²) in [5, 5.41) is 0. The number of amides is 1. The van der Waals surface area contributed by atoms with Crippen LogP contribution in [0.2, 0.25) is 0 Å². The van der Waals surface area contributed by atoms with Crippen LogP contribution < -0.4 is 9.64 Å². The third kappa shape index (κ3) is 6.99. The Balaban J connectivity index is 1.46. The molecule has 0 aliphatic carbocycles. The fourth-order valence-electron chi connectivity index (χ4n) is 3.14. The average Bonchev–Trinajstić information content (AvgIpc) is 2.80. The normalized spacial score (nSPS) is 14.6. The van der Waals surface area contributed by atoms with Gasteiger partial charge in [0, 0.05) is 44.1 Å². The van der Waals surface area contributed by atoms with Crippen molar-refractivity contribution < 1.29 is 45.4 Å². The summed E-state index contributed by atoms with van der Waals surface area (Å²) >= 11 is 0. The summed E-state index contributed by atoms with van der Waals surface area (Å²) in [6.07, 6.45) is -8.02. The molecule has 1 fully saturated rings. The quantitative estimate of drug-likeness (QED) is 0.455. The van der Waals surface area contributed by atoms with E-state index < -0.39 is 43.0 Å². The first-order chi connectivity index (χ1) is 15.9. The molecule has 0 radical (unpaired) electrons. The molecule has 1 amide bonds. The lowest BCUT2D eigenvalue weighted by Crippen LogP contribution is -2.50. The van der Waals surface area contributed by atoms with E-state index in [0.717, 1.165) is 30.5 Å². The van der Waals surface area contributed by atoms with Crippen LogP contribution in [0.5, 0.6) is 5.88 Å². The fourth-order valence-corrected chi connectivity index (χ4v) is 3.14. The van der Waals surface area contributed by atoms with Gasteiger partial charge >= 0.3 is 18.3 Å². The zero-order valence-corrected chi connectivity index (χ0v) is 17.5. The van der Waals surface area contributed by atoms with E-state index in [4.69, 9.17) is 4.74 Å². The van der Waals surface area contributed by atoms with Crippen LogP contribution in [0.3, 0.4) is 0 Å².